The van der Waals surface area contributed by atoms with Gasteiger partial charge >= 0.3 is 0 Å². The van der Waals surface area contributed by atoms with Gasteiger partial charge in [-0.15, -0.1) is 0 Å². The van der Waals surface area contributed by atoms with E-state index in [9.17, 15) is 4.79 Å². The molecule has 0 fully saturated rings. The molecule has 1 N–H and O–H groups in total. The van der Waals surface area contributed by atoms with Gasteiger partial charge in [-0.25, -0.2) is 0 Å². The molecule has 0 aliphatic heterocycles. The van der Waals surface area contributed by atoms with Crippen molar-refractivity contribution in [1.82, 2.24) is 4.90 Å². The predicted molar refractivity (Wildman–Crippen MR) is 53.7 cm³/mol. The average Bonchev–Trinajstić information content (AvgIpc) is 2.14. The fourth-order valence-electron chi connectivity index (χ4n) is 1.15. The van der Waals surface area contributed by atoms with E-state index >= 15 is 0 Å². The van der Waals surface area contributed by atoms with Crippen LogP contribution in [-0.2, 0) is 4.79 Å². The van der Waals surface area contributed by atoms with Crippen LogP contribution in [0.5, 0.6) is 0 Å². The molecular formula is C10H21NO2. The third-order valence-electron chi connectivity index (χ3n) is 2.74. The number of ketones is 1. The first-order valence-electron chi connectivity index (χ1n) is 4.73. The summed E-state index contributed by atoms with van der Waals surface area (Å²) in [6.45, 7) is 7.64. The Kier molecular flexibility index (Phi) is 4.57. The molecule has 0 saturated heterocycles. The molecule has 3 heteroatoms. The van der Waals surface area contributed by atoms with E-state index < -0.39 is 0 Å². The third kappa shape index (κ3) is 3.08. The highest BCUT2D eigenvalue weighted by molar-refractivity contribution is 5.83. The highest BCUT2D eigenvalue weighted by Crippen LogP contribution is 2.15. The van der Waals surface area contributed by atoms with Crippen LogP contribution < -0.4 is 0 Å². The second-order valence-electron chi connectivity index (χ2n) is 4.08. The number of hydrogen-bond donors (Lipinski definition) is 1. The predicted octanol–water partition coefficient (Wildman–Crippen LogP) is 1.06. The molecule has 0 heterocycles. The Balaban J connectivity index is 4.41. The Morgan fingerprint density at radius 2 is 2.00 bits per heavy atom. The van der Waals surface area contributed by atoms with Gasteiger partial charge in [-0.05, 0) is 27.8 Å². The summed E-state index contributed by atoms with van der Waals surface area (Å²) >= 11 is 0. The van der Waals surface area contributed by atoms with Gasteiger partial charge < -0.3 is 5.11 Å². The lowest BCUT2D eigenvalue weighted by Crippen LogP contribution is -2.51. The SMILES string of the molecule is CCC(=O)C(C)N(C)C(C)(C)CO. The molecule has 0 amide bonds. The molecule has 78 valence electrons. The first kappa shape index (κ1) is 12.6. The molecule has 0 aliphatic rings. The monoisotopic (exact) mass is 187 g/mol. The van der Waals surface area contributed by atoms with Crippen molar-refractivity contribution in [2.24, 2.45) is 0 Å². The van der Waals surface area contributed by atoms with E-state index in [4.69, 9.17) is 5.11 Å². The Labute approximate surface area is 80.7 Å². The fraction of sp³-hybridized carbons (Fsp3) is 0.900. The summed E-state index contributed by atoms with van der Waals surface area (Å²) < 4.78 is 0. The first-order chi connectivity index (χ1) is 5.86. The third-order valence-corrected chi connectivity index (χ3v) is 2.74. The molecule has 0 aromatic carbocycles. The van der Waals surface area contributed by atoms with E-state index in [1.807, 2.05) is 39.6 Å². The molecular weight excluding hydrogens is 166 g/mol. The van der Waals surface area contributed by atoms with Crippen LogP contribution in [0.1, 0.15) is 34.1 Å². The van der Waals surface area contributed by atoms with Crippen molar-refractivity contribution >= 4 is 5.78 Å². The highest BCUT2D eigenvalue weighted by Gasteiger charge is 2.29. The lowest BCUT2D eigenvalue weighted by atomic mass is 10.0. The van der Waals surface area contributed by atoms with Gasteiger partial charge in [0.2, 0.25) is 0 Å². The Morgan fingerprint density at radius 3 is 2.31 bits per heavy atom. The van der Waals surface area contributed by atoms with Gasteiger partial charge in [0, 0.05) is 12.0 Å². The zero-order valence-electron chi connectivity index (χ0n) is 9.29. The summed E-state index contributed by atoms with van der Waals surface area (Å²) in [7, 11) is 1.87. The highest BCUT2D eigenvalue weighted by atomic mass is 16.3. The van der Waals surface area contributed by atoms with Gasteiger partial charge in [0.25, 0.3) is 0 Å². The molecule has 0 rings (SSSR count). The van der Waals surface area contributed by atoms with Gasteiger partial charge in [0.15, 0.2) is 0 Å². The van der Waals surface area contributed by atoms with Crippen molar-refractivity contribution in [1.29, 1.82) is 0 Å². The lowest BCUT2D eigenvalue weighted by Gasteiger charge is -2.37. The summed E-state index contributed by atoms with van der Waals surface area (Å²) in [5.74, 6) is 0.212. The fourth-order valence-corrected chi connectivity index (χ4v) is 1.15. The molecule has 0 saturated carbocycles. The average molecular weight is 187 g/mol. The van der Waals surface area contributed by atoms with E-state index in [0.29, 0.717) is 6.42 Å². The van der Waals surface area contributed by atoms with Crippen LogP contribution in [0.3, 0.4) is 0 Å². The Morgan fingerprint density at radius 1 is 1.54 bits per heavy atom. The van der Waals surface area contributed by atoms with E-state index in [0.717, 1.165) is 0 Å². The van der Waals surface area contributed by atoms with E-state index in [1.54, 1.807) is 0 Å². The van der Waals surface area contributed by atoms with E-state index in [1.165, 1.54) is 0 Å². The number of aliphatic hydroxyl groups is 1. The Hall–Kier alpha value is -0.410. The molecule has 1 unspecified atom stereocenters. The molecule has 0 aliphatic carbocycles. The minimum atomic E-state index is -0.329. The summed E-state index contributed by atoms with van der Waals surface area (Å²) in [5.41, 5.74) is -0.329. The van der Waals surface area contributed by atoms with Crippen LogP contribution in [0.2, 0.25) is 0 Å². The molecule has 1 atom stereocenters. The number of rotatable bonds is 5. The van der Waals surface area contributed by atoms with Crippen molar-refractivity contribution in [3.05, 3.63) is 0 Å². The van der Waals surface area contributed by atoms with Crippen LogP contribution in [-0.4, -0.2) is 41.0 Å². The van der Waals surface area contributed by atoms with Crippen molar-refractivity contribution in [2.45, 2.75) is 45.7 Å². The van der Waals surface area contributed by atoms with E-state index in [2.05, 4.69) is 0 Å². The second kappa shape index (κ2) is 4.72. The first-order valence-corrected chi connectivity index (χ1v) is 4.73. The lowest BCUT2D eigenvalue weighted by molar-refractivity contribution is -0.125. The topological polar surface area (TPSA) is 40.5 Å². The van der Waals surface area contributed by atoms with Crippen molar-refractivity contribution in [3.63, 3.8) is 0 Å². The summed E-state index contributed by atoms with van der Waals surface area (Å²) in [4.78, 5) is 13.3. The number of likely N-dealkylation sites (N-methyl/N-ethyl adjacent to an activating group) is 1. The number of carbonyl (C=O) groups excluding carboxylic acids is 1. The summed E-state index contributed by atoms with van der Waals surface area (Å²) in [5, 5.41) is 9.11. The van der Waals surface area contributed by atoms with Gasteiger partial charge in [0.1, 0.15) is 5.78 Å². The largest absolute Gasteiger partial charge is 0.394 e. The zero-order valence-corrected chi connectivity index (χ0v) is 9.29. The van der Waals surface area contributed by atoms with Crippen molar-refractivity contribution in [3.8, 4) is 0 Å². The summed E-state index contributed by atoms with van der Waals surface area (Å²) in [6.07, 6.45) is 0.549. The van der Waals surface area contributed by atoms with Crippen LogP contribution >= 0.6 is 0 Å². The van der Waals surface area contributed by atoms with Crippen LogP contribution in [0.4, 0.5) is 0 Å². The Bertz CT molecular complexity index is 178. The van der Waals surface area contributed by atoms with Gasteiger partial charge in [0.05, 0.1) is 12.6 Å². The molecule has 0 radical (unpaired) electrons. The summed E-state index contributed by atoms with van der Waals surface area (Å²) in [6, 6.07) is -0.118. The molecule has 0 aromatic rings. The number of carbonyl (C=O) groups is 1. The van der Waals surface area contributed by atoms with Gasteiger partial charge in [-0.1, -0.05) is 6.92 Å². The van der Waals surface area contributed by atoms with E-state index in [-0.39, 0.29) is 24.0 Å². The quantitative estimate of drug-likeness (QED) is 0.699. The van der Waals surface area contributed by atoms with Crippen LogP contribution in [0.15, 0.2) is 0 Å². The maximum Gasteiger partial charge on any atom is 0.149 e. The zero-order chi connectivity index (χ0) is 10.6. The number of aliphatic hydroxyl groups excluding tert-OH is 1. The van der Waals surface area contributed by atoms with Gasteiger partial charge in [-0.3, -0.25) is 9.69 Å². The maximum absolute atomic E-state index is 11.4. The van der Waals surface area contributed by atoms with Crippen molar-refractivity contribution < 1.29 is 9.90 Å². The standard InChI is InChI=1S/C10H21NO2/c1-6-9(13)8(2)11(5)10(3,4)7-12/h8,12H,6-7H2,1-5H3. The second-order valence-corrected chi connectivity index (χ2v) is 4.08. The van der Waals surface area contributed by atoms with Crippen molar-refractivity contribution in [2.75, 3.05) is 13.7 Å². The van der Waals surface area contributed by atoms with Crippen LogP contribution in [0, 0.1) is 0 Å². The smallest absolute Gasteiger partial charge is 0.149 e. The maximum atomic E-state index is 11.4. The minimum absolute atomic E-state index is 0.0604. The van der Waals surface area contributed by atoms with Crippen LogP contribution in [0.25, 0.3) is 0 Å². The molecule has 3 nitrogen and oxygen atoms in total. The number of hydrogen-bond acceptors (Lipinski definition) is 3. The number of Topliss-reactive ketones (excluding diaryl/α,β-unsaturated/α-hetero) is 1. The molecule has 0 spiro atoms. The molecule has 0 bridgehead atoms. The number of nitrogens with zero attached hydrogens (tertiary/aromatic N) is 1. The van der Waals surface area contributed by atoms with Gasteiger partial charge in [-0.2, -0.15) is 0 Å². The normalized spacial score (nSPS) is 14.7. The molecule has 0 aromatic heterocycles. The molecule has 13 heavy (non-hydrogen) atoms. The minimum Gasteiger partial charge on any atom is -0.394 e.